The molecule has 2 bridgehead atoms. The lowest BCUT2D eigenvalue weighted by molar-refractivity contribution is 0.0594. The molecule has 2 aromatic heterocycles. The van der Waals surface area contributed by atoms with E-state index < -0.39 is 17.6 Å². The van der Waals surface area contributed by atoms with Crippen molar-refractivity contribution in [2.75, 3.05) is 35.3 Å². The van der Waals surface area contributed by atoms with Gasteiger partial charge in [0, 0.05) is 26.3 Å². The van der Waals surface area contributed by atoms with E-state index in [-0.39, 0.29) is 17.4 Å². The van der Waals surface area contributed by atoms with E-state index in [4.69, 9.17) is 4.74 Å². The van der Waals surface area contributed by atoms with Gasteiger partial charge in [-0.3, -0.25) is 9.69 Å². The van der Waals surface area contributed by atoms with Crippen molar-refractivity contribution in [1.82, 2.24) is 14.8 Å². The van der Waals surface area contributed by atoms with Crippen LogP contribution in [0, 0.1) is 0 Å². The van der Waals surface area contributed by atoms with Crippen molar-refractivity contribution >= 4 is 29.2 Å². The van der Waals surface area contributed by atoms with Crippen LogP contribution in [0.4, 0.5) is 22.0 Å². The van der Waals surface area contributed by atoms with Crippen molar-refractivity contribution in [3.8, 4) is 0 Å². The van der Waals surface area contributed by atoms with Crippen LogP contribution in [-0.2, 0) is 11.8 Å². The topological polar surface area (TPSA) is 110 Å². The largest absolute Gasteiger partial charge is 0.464 e. The number of nitrogens with one attached hydrogen (secondary N) is 1. The number of fused-ring (bicyclic) bond motifs is 4. The molecule has 4 rings (SSSR count). The monoisotopic (exact) mass is 370 g/mol. The number of aryl methyl sites for hydroxylation is 1. The molecule has 2 aliphatic rings. The molecule has 10 nitrogen and oxygen atoms in total. The minimum Gasteiger partial charge on any atom is -0.464 e. The summed E-state index contributed by atoms with van der Waals surface area (Å²) in [4.78, 5) is 45.0. The maximum Gasteiger partial charge on any atom is 0.356 e. The van der Waals surface area contributed by atoms with Crippen molar-refractivity contribution in [3.63, 3.8) is 0 Å². The molecule has 2 aliphatic heterocycles. The van der Waals surface area contributed by atoms with Crippen LogP contribution in [0.5, 0.6) is 0 Å². The van der Waals surface area contributed by atoms with Crippen LogP contribution in [0.3, 0.4) is 0 Å². The van der Waals surface area contributed by atoms with Gasteiger partial charge in [-0.25, -0.2) is 19.3 Å². The van der Waals surface area contributed by atoms with E-state index in [0.717, 1.165) is 23.3 Å². The van der Waals surface area contributed by atoms with Gasteiger partial charge >= 0.3 is 12.0 Å². The van der Waals surface area contributed by atoms with Crippen LogP contribution in [-0.4, -0.2) is 53.0 Å². The maximum absolute atomic E-state index is 13.0. The van der Waals surface area contributed by atoms with Gasteiger partial charge in [-0.1, -0.05) is 0 Å². The normalized spacial score (nSPS) is 17.5. The SMILES string of the molecule is COC(=O)c1ccc2c(n1)N(C(=O)Nc1ccnn(C)c1=O)[C@H]1CCN2C1. The van der Waals surface area contributed by atoms with Crippen LogP contribution in [0.2, 0.25) is 0 Å². The lowest BCUT2D eigenvalue weighted by Gasteiger charge is -2.35. The average molecular weight is 370 g/mol. The molecule has 10 heteroatoms. The van der Waals surface area contributed by atoms with E-state index in [0.29, 0.717) is 12.4 Å². The molecule has 0 aliphatic carbocycles. The number of carbonyl (C=O) groups excluding carboxylic acids is 2. The summed E-state index contributed by atoms with van der Waals surface area (Å²) in [6.45, 7) is 1.46. The zero-order valence-electron chi connectivity index (χ0n) is 14.9. The first-order valence-corrected chi connectivity index (χ1v) is 8.46. The number of methoxy groups -OCH3 is 1. The number of hydrogen-bond acceptors (Lipinski definition) is 7. The molecule has 1 saturated heterocycles. The van der Waals surface area contributed by atoms with E-state index in [1.165, 1.54) is 31.3 Å². The number of carbonyl (C=O) groups is 2. The van der Waals surface area contributed by atoms with Crippen molar-refractivity contribution in [1.29, 1.82) is 0 Å². The summed E-state index contributed by atoms with van der Waals surface area (Å²) < 4.78 is 5.88. The van der Waals surface area contributed by atoms with Gasteiger partial charge in [0.15, 0.2) is 11.5 Å². The highest BCUT2D eigenvalue weighted by Gasteiger charge is 2.40. The summed E-state index contributed by atoms with van der Waals surface area (Å²) in [5.74, 6) is -0.191. The first-order valence-electron chi connectivity index (χ1n) is 8.46. The number of amides is 2. The van der Waals surface area contributed by atoms with Crippen LogP contribution in [0.1, 0.15) is 16.9 Å². The third-order valence-electron chi connectivity index (χ3n) is 4.81. The zero-order chi connectivity index (χ0) is 19.1. The summed E-state index contributed by atoms with van der Waals surface area (Å²) in [6.07, 6.45) is 2.21. The lowest BCUT2D eigenvalue weighted by Crippen LogP contribution is -2.49. The fourth-order valence-corrected chi connectivity index (χ4v) is 3.47. The van der Waals surface area contributed by atoms with E-state index in [9.17, 15) is 14.4 Å². The molecule has 1 N–H and O–H groups in total. The number of rotatable bonds is 2. The number of pyridine rings is 1. The number of anilines is 3. The number of esters is 1. The van der Waals surface area contributed by atoms with E-state index in [2.05, 4.69) is 20.3 Å². The Morgan fingerprint density at radius 2 is 2.11 bits per heavy atom. The Morgan fingerprint density at radius 1 is 1.30 bits per heavy atom. The summed E-state index contributed by atoms with van der Waals surface area (Å²) in [7, 11) is 2.79. The van der Waals surface area contributed by atoms with E-state index >= 15 is 0 Å². The van der Waals surface area contributed by atoms with Gasteiger partial charge in [0.1, 0.15) is 5.69 Å². The quantitative estimate of drug-likeness (QED) is 0.771. The molecule has 1 atom stereocenters. The average Bonchev–Trinajstić information content (AvgIpc) is 3.09. The van der Waals surface area contributed by atoms with Crippen molar-refractivity contribution in [3.05, 3.63) is 40.4 Å². The Morgan fingerprint density at radius 3 is 2.89 bits per heavy atom. The van der Waals surface area contributed by atoms with Gasteiger partial charge in [-0.2, -0.15) is 5.10 Å². The summed E-state index contributed by atoms with van der Waals surface area (Å²) >= 11 is 0. The summed E-state index contributed by atoms with van der Waals surface area (Å²) in [5.41, 5.74) is 0.613. The molecule has 0 aromatic carbocycles. The highest BCUT2D eigenvalue weighted by Crippen LogP contribution is 2.39. The van der Waals surface area contributed by atoms with Crippen molar-refractivity contribution in [2.45, 2.75) is 12.5 Å². The van der Waals surface area contributed by atoms with Crippen LogP contribution in [0.15, 0.2) is 29.2 Å². The Labute approximate surface area is 154 Å². The third-order valence-corrected chi connectivity index (χ3v) is 4.81. The number of nitrogens with zero attached hydrogens (tertiary/aromatic N) is 5. The lowest BCUT2D eigenvalue weighted by atomic mass is 10.2. The minimum absolute atomic E-state index is 0.0939. The number of ether oxygens (including phenoxy) is 1. The highest BCUT2D eigenvalue weighted by molar-refractivity contribution is 6.05. The smallest absolute Gasteiger partial charge is 0.356 e. The highest BCUT2D eigenvalue weighted by atomic mass is 16.5. The third kappa shape index (κ3) is 2.78. The second-order valence-corrected chi connectivity index (χ2v) is 6.39. The molecule has 2 amide bonds. The standard InChI is InChI=1S/C17H18N6O4/c1-21-15(24)11(5-7-18-21)20-17(26)23-10-6-8-22(9-10)13-4-3-12(16(25)27-2)19-14(13)23/h3-5,7,10H,6,8-9H2,1-2H3,(H,20,26)/t10-/m0/s1. The predicted octanol–water partition coefficient (Wildman–Crippen LogP) is 0.593. The molecule has 0 radical (unpaired) electrons. The van der Waals surface area contributed by atoms with Gasteiger partial charge in [-0.15, -0.1) is 0 Å². The molecule has 140 valence electrons. The predicted molar refractivity (Wildman–Crippen MR) is 97.2 cm³/mol. The Balaban J connectivity index is 1.72. The van der Waals surface area contributed by atoms with Gasteiger partial charge in [0.05, 0.1) is 18.8 Å². The summed E-state index contributed by atoms with van der Waals surface area (Å²) in [5, 5.41) is 6.49. The zero-order valence-corrected chi connectivity index (χ0v) is 14.9. The molecule has 0 unspecified atom stereocenters. The maximum atomic E-state index is 13.0. The molecule has 27 heavy (non-hydrogen) atoms. The van der Waals surface area contributed by atoms with Crippen LogP contribution < -0.4 is 20.7 Å². The Hall–Kier alpha value is -3.43. The molecule has 0 spiro atoms. The van der Waals surface area contributed by atoms with Crippen LogP contribution in [0.25, 0.3) is 0 Å². The molecule has 2 aromatic rings. The molecular weight excluding hydrogens is 352 g/mol. The summed E-state index contributed by atoms with van der Waals surface area (Å²) in [6, 6.07) is 4.23. The van der Waals surface area contributed by atoms with Crippen LogP contribution >= 0.6 is 0 Å². The Kier molecular flexibility index (Phi) is 4.02. The fraction of sp³-hybridized carbons (Fsp3) is 0.353. The number of hydrogen-bond donors (Lipinski definition) is 1. The van der Waals surface area contributed by atoms with E-state index in [1.54, 1.807) is 12.1 Å². The molecular formula is C17H18N6O4. The van der Waals surface area contributed by atoms with Gasteiger partial charge < -0.3 is 15.0 Å². The minimum atomic E-state index is -0.575. The second-order valence-electron chi connectivity index (χ2n) is 6.39. The first kappa shape index (κ1) is 17.0. The molecule has 1 fully saturated rings. The van der Waals surface area contributed by atoms with Crippen molar-refractivity contribution < 1.29 is 14.3 Å². The molecule has 4 heterocycles. The fourth-order valence-electron chi connectivity index (χ4n) is 3.47. The Bertz CT molecular complexity index is 988. The number of urea groups is 1. The number of aromatic nitrogens is 3. The van der Waals surface area contributed by atoms with Crippen molar-refractivity contribution in [2.24, 2.45) is 7.05 Å². The van der Waals surface area contributed by atoms with Gasteiger partial charge in [0.25, 0.3) is 5.56 Å². The second kappa shape index (κ2) is 6.38. The molecule has 0 saturated carbocycles. The van der Waals surface area contributed by atoms with Gasteiger partial charge in [0.2, 0.25) is 0 Å². The first-order chi connectivity index (χ1) is 13.0. The van der Waals surface area contributed by atoms with E-state index in [1.807, 2.05) is 0 Å². The van der Waals surface area contributed by atoms with Gasteiger partial charge in [-0.05, 0) is 24.6 Å².